The second kappa shape index (κ2) is 10.4. The molecule has 172 valence electrons. The number of piperazine rings is 1. The Balaban J connectivity index is 1.28. The summed E-state index contributed by atoms with van der Waals surface area (Å²) in [6, 6.07) is 9.73. The minimum absolute atomic E-state index is 0.00446. The van der Waals surface area contributed by atoms with Crippen molar-refractivity contribution in [3.8, 4) is 5.75 Å². The topological polar surface area (TPSA) is 73.8 Å². The summed E-state index contributed by atoms with van der Waals surface area (Å²) < 4.78 is 29.1. The Morgan fingerprint density at radius 3 is 2.09 bits per heavy atom. The highest BCUT2D eigenvalue weighted by Gasteiger charge is 2.23. The Morgan fingerprint density at radius 1 is 0.875 bits per heavy atom. The van der Waals surface area contributed by atoms with E-state index in [0.717, 1.165) is 24.7 Å². The zero-order valence-corrected chi connectivity index (χ0v) is 17.9. The number of nitrogens with one attached hydrogen (secondary N) is 1. The fraction of sp³-hybridized carbons (Fsp3) is 0.500. The molecule has 1 N–H and O–H groups in total. The number of hydrogen-bond donors (Lipinski definition) is 1. The number of halogens is 2. The second-order valence-corrected chi connectivity index (χ2v) is 7.96. The highest BCUT2D eigenvalue weighted by Crippen LogP contribution is 2.21. The van der Waals surface area contributed by atoms with Crippen molar-refractivity contribution in [1.29, 1.82) is 0 Å². The predicted octanol–water partition coefficient (Wildman–Crippen LogP) is 3.81. The molecule has 0 saturated carbocycles. The lowest BCUT2D eigenvalue weighted by molar-refractivity contribution is -0.0498. The summed E-state index contributed by atoms with van der Waals surface area (Å²) in [5, 5.41) is 11.6. The number of benzene rings is 1. The third-order valence-corrected chi connectivity index (χ3v) is 5.77. The summed E-state index contributed by atoms with van der Waals surface area (Å²) in [6.45, 7) is 1.47. The van der Waals surface area contributed by atoms with Crippen LogP contribution >= 0.6 is 0 Å². The number of urea groups is 1. The number of nitrogens with zero attached hydrogens (tertiary/aromatic N) is 5. The van der Waals surface area contributed by atoms with Gasteiger partial charge in [-0.15, -0.1) is 10.2 Å². The number of carbonyl (C=O) groups excluding carboxylic acids is 1. The molecule has 2 saturated heterocycles. The lowest BCUT2D eigenvalue weighted by Crippen LogP contribution is -2.50. The first-order valence-electron chi connectivity index (χ1n) is 11.0. The van der Waals surface area contributed by atoms with Crippen LogP contribution in [0.3, 0.4) is 0 Å². The Hall–Kier alpha value is -3.17. The van der Waals surface area contributed by atoms with E-state index in [2.05, 4.69) is 30.1 Å². The Kier molecular flexibility index (Phi) is 7.18. The van der Waals surface area contributed by atoms with Gasteiger partial charge >= 0.3 is 12.6 Å². The molecule has 3 heterocycles. The maximum absolute atomic E-state index is 12.6. The number of anilines is 3. The molecule has 0 aliphatic carbocycles. The summed E-state index contributed by atoms with van der Waals surface area (Å²) in [5.41, 5.74) is 0.408. The fourth-order valence-electron chi connectivity index (χ4n) is 4.05. The largest absolute Gasteiger partial charge is 0.435 e. The average molecular weight is 447 g/mol. The van der Waals surface area contributed by atoms with Crippen molar-refractivity contribution in [2.45, 2.75) is 32.3 Å². The van der Waals surface area contributed by atoms with Crippen LogP contribution in [0.15, 0.2) is 36.4 Å². The summed E-state index contributed by atoms with van der Waals surface area (Å²) in [6.07, 6.45) is 4.93. The number of rotatable bonds is 5. The van der Waals surface area contributed by atoms with Gasteiger partial charge in [-0.3, -0.25) is 0 Å². The smallest absolute Gasteiger partial charge is 0.387 e. The highest BCUT2D eigenvalue weighted by molar-refractivity contribution is 5.89. The molecule has 0 radical (unpaired) electrons. The normalized spacial score (nSPS) is 17.3. The summed E-state index contributed by atoms with van der Waals surface area (Å²) in [4.78, 5) is 18.7. The van der Waals surface area contributed by atoms with Crippen LogP contribution in [0.2, 0.25) is 0 Å². The van der Waals surface area contributed by atoms with E-state index in [0.29, 0.717) is 31.9 Å². The molecule has 32 heavy (non-hydrogen) atoms. The maximum Gasteiger partial charge on any atom is 0.387 e. The number of alkyl halides is 2. The number of carbonyl (C=O) groups is 1. The molecule has 0 unspecified atom stereocenters. The van der Waals surface area contributed by atoms with Crippen LogP contribution in [0, 0.1) is 0 Å². The van der Waals surface area contributed by atoms with E-state index in [1.54, 1.807) is 17.0 Å². The van der Waals surface area contributed by atoms with E-state index < -0.39 is 6.61 Å². The summed E-state index contributed by atoms with van der Waals surface area (Å²) in [7, 11) is 0. The van der Waals surface area contributed by atoms with E-state index in [4.69, 9.17) is 0 Å². The van der Waals surface area contributed by atoms with Gasteiger partial charge in [0.1, 0.15) is 5.75 Å². The van der Waals surface area contributed by atoms with Crippen LogP contribution in [0.25, 0.3) is 0 Å². The molecule has 1 aromatic heterocycles. The molecule has 0 atom stereocenters. The van der Waals surface area contributed by atoms with Crippen LogP contribution in [-0.2, 0) is 0 Å². The second-order valence-electron chi connectivity index (χ2n) is 7.96. The summed E-state index contributed by atoms with van der Waals surface area (Å²) >= 11 is 0. The van der Waals surface area contributed by atoms with Gasteiger partial charge in [-0.1, -0.05) is 18.9 Å². The minimum Gasteiger partial charge on any atom is -0.435 e. The van der Waals surface area contributed by atoms with Gasteiger partial charge in [0.2, 0.25) is 0 Å². The van der Waals surface area contributed by atoms with Crippen LogP contribution in [0.4, 0.5) is 30.9 Å². The van der Waals surface area contributed by atoms with Crippen molar-refractivity contribution in [2.75, 3.05) is 54.4 Å². The van der Waals surface area contributed by atoms with E-state index in [9.17, 15) is 13.6 Å². The third kappa shape index (κ3) is 5.74. The fourth-order valence-corrected chi connectivity index (χ4v) is 4.05. The SMILES string of the molecule is O=C(Nc1cccc(OC(F)F)c1)N1CCN(c2ccc(N3CCCCCC3)nn2)CC1. The molecule has 0 spiro atoms. The van der Waals surface area contributed by atoms with Crippen LogP contribution in [0.1, 0.15) is 25.7 Å². The lowest BCUT2D eigenvalue weighted by atomic mass is 10.2. The van der Waals surface area contributed by atoms with Crippen LogP contribution in [0.5, 0.6) is 5.75 Å². The first-order chi connectivity index (χ1) is 15.6. The Labute approximate surface area is 186 Å². The molecule has 4 rings (SSSR count). The molecule has 2 fully saturated rings. The molecule has 2 amide bonds. The maximum atomic E-state index is 12.6. The lowest BCUT2D eigenvalue weighted by Gasteiger charge is -2.35. The van der Waals surface area contributed by atoms with Gasteiger partial charge < -0.3 is 24.8 Å². The van der Waals surface area contributed by atoms with Gasteiger partial charge in [-0.2, -0.15) is 8.78 Å². The van der Waals surface area contributed by atoms with Crippen LogP contribution in [-0.4, -0.2) is 67.0 Å². The molecule has 2 aromatic rings. The van der Waals surface area contributed by atoms with Crippen molar-refractivity contribution in [2.24, 2.45) is 0 Å². The molecule has 2 aliphatic heterocycles. The average Bonchev–Trinajstić information content (AvgIpc) is 3.09. The van der Waals surface area contributed by atoms with Gasteiger partial charge in [0.25, 0.3) is 0 Å². The monoisotopic (exact) mass is 446 g/mol. The zero-order chi connectivity index (χ0) is 22.3. The van der Waals surface area contributed by atoms with Gasteiger partial charge in [0.05, 0.1) is 0 Å². The van der Waals surface area contributed by atoms with Crippen molar-refractivity contribution < 1.29 is 18.3 Å². The number of ether oxygens (including phenoxy) is 1. The third-order valence-electron chi connectivity index (χ3n) is 5.77. The molecule has 1 aromatic carbocycles. The number of hydrogen-bond acceptors (Lipinski definition) is 6. The van der Waals surface area contributed by atoms with E-state index in [1.165, 1.54) is 37.8 Å². The molecular formula is C22H28F2N6O2. The summed E-state index contributed by atoms with van der Waals surface area (Å²) in [5.74, 6) is 1.73. The van der Waals surface area contributed by atoms with Gasteiger partial charge in [-0.05, 0) is 37.1 Å². The quantitative estimate of drug-likeness (QED) is 0.753. The predicted molar refractivity (Wildman–Crippen MR) is 119 cm³/mol. The van der Waals surface area contributed by atoms with E-state index >= 15 is 0 Å². The Morgan fingerprint density at radius 2 is 1.50 bits per heavy atom. The molecular weight excluding hydrogens is 418 g/mol. The molecule has 10 heteroatoms. The first kappa shape index (κ1) is 22.0. The molecule has 2 aliphatic rings. The van der Waals surface area contributed by atoms with Crippen molar-refractivity contribution >= 4 is 23.4 Å². The van der Waals surface area contributed by atoms with Gasteiger partial charge in [-0.25, -0.2) is 4.79 Å². The highest BCUT2D eigenvalue weighted by atomic mass is 19.3. The first-order valence-corrected chi connectivity index (χ1v) is 11.0. The van der Waals surface area contributed by atoms with E-state index in [1.807, 2.05) is 12.1 Å². The zero-order valence-electron chi connectivity index (χ0n) is 17.9. The van der Waals surface area contributed by atoms with Gasteiger partial charge in [0, 0.05) is 51.0 Å². The van der Waals surface area contributed by atoms with Crippen molar-refractivity contribution in [1.82, 2.24) is 15.1 Å². The molecule has 8 nitrogen and oxygen atoms in total. The minimum atomic E-state index is -2.91. The molecule has 0 bridgehead atoms. The van der Waals surface area contributed by atoms with Crippen molar-refractivity contribution in [3.05, 3.63) is 36.4 Å². The van der Waals surface area contributed by atoms with Crippen LogP contribution < -0.4 is 19.9 Å². The Bertz CT molecular complexity index is 882. The number of amides is 2. The standard InChI is InChI=1S/C22H28F2N6O2/c23-21(24)32-18-7-5-6-17(16-18)25-22(31)30-14-12-29(13-15-30)20-9-8-19(26-27-20)28-10-3-1-2-4-11-28/h5-9,16,21H,1-4,10-15H2,(H,25,31). The van der Waals surface area contributed by atoms with Crippen molar-refractivity contribution in [3.63, 3.8) is 0 Å². The van der Waals surface area contributed by atoms with Gasteiger partial charge in [0.15, 0.2) is 11.6 Å². The number of aromatic nitrogens is 2. The van der Waals surface area contributed by atoms with E-state index in [-0.39, 0.29) is 11.8 Å².